The zero-order valence-electron chi connectivity index (χ0n) is 10.3. The molecule has 2 N–H and O–H groups in total. The molecule has 5 nitrogen and oxygen atoms in total. The summed E-state index contributed by atoms with van der Waals surface area (Å²) in [6, 6.07) is 3.63. The molecule has 2 rings (SSSR count). The molecule has 0 unspecified atom stereocenters. The fraction of sp³-hybridized carbons (Fsp3) is 0.538. The largest absolute Gasteiger partial charge is 0.394 e. The molecule has 0 spiro atoms. The number of hydrogen-bond acceptors (Lipinski definition) is 4. The molecule has 1 aliphatic heterocycles. The average molecular weight is 250 g/mol. The second-order valence-electron chi connectivity index (χ2n) is 4.63. The van der Waals surface area contributed by atoms with Crippen molar-refractivity contribution in [2.75, 3.05) is 19.8 Å². The van der Waals surface area contributed by atoms with Gasteiger partial charge in [0.2, 0.25) is 5.91 Å². The van der Waals surface area contributed by atoms with Crippen LogP contribution in [0.25, 0.3) is 0 Å². The lowest BCUT2D eigenvalue weighted by atomic mass is 9.90. The maximum Gasteiger partial charge on any atom is 0.224 e. The number of nitrogens with zero attached hydrogens (tertiary/aromatic N) is 1. The summed E-state index contributed by atoms with van der Waals surface area (Å²) in [5, 5.41) is 12.4. The number of carbonyl (C=O) groups is 1. The minimum absolute atomic E-state index is 0.0432. The van der Waals surface area contributed by atoms with Crippen LogP contribution in [0.5, 0.6) is 0 Å². The fourth-order valence-electron chi connectivity index (χ4n) is 2.11. The van der Waals surface area contributed by atoms with Crippen LogP contribution in [0, 0.1) is 0 Å². The Bertz CT molecular complexity index is 388. The molecule has 0 saturated carbocycles. The lowest BCUT2D eigenvalue weighted by Gasteiger charge is -2.36. The van der Waals surface area contributed by atoms with Gasteiger partial charge in [0.15, 0.2) is 0 Å². The SMILES string of the molecule is O=C(Cc1ccncc1)NC1(CO)CCOCC1. The second-order valence-corrected chi connectivity index (χ2v) is 4.63. The summed E-state index contributed by atoms with van der Waals surface area (Å²) in [5.74, 6) is -0.0721. The number of hydrogen-bond donors (Lipinski definition) is 2. The average Bonchev–Trinajstić information content (AvgIpc) is 2.41. The van der Waals surface area contributed by atoms with Crippen molar-refractivity contribution >= 4 is 5.91 Å². The minimum atomic E-state index is -0.512. The van der Waals surface area contributed by atoms with Gasteiger partial charge in [0.25, 0.3) is 0 Å². The van der Waals surface area contributed by atoms with E-state index in [1.165, 1.54) is 0 Å². The predicted molar refractivity (Wildman–Crippen MR) is 66.0 cm³/mol. The number of pyridine rings is 1. The first-order valence-electron chi connectivity index (χ1n) is 6.13. The minimum Gasteiger partial charge on any atom is -0.394 e. The van der Waals surface area contributed by atoms with E-state index in [9.17, 15) is 9.90 Å². The van der Waals surface area contributed by atoms with Gasteiger partial charge in [-0.05, 0) is 30.5 Å². The molecule has 0 aliphatic carbocycles. The monoisotopic (exact) mass is 250 g/mol. The summed E-state index contributed by atoms with van der Waals surface area (Å²) in [6.07, 6.45) is 4.96. The van der Waals surface area contributed by atoms with Crippen molar-refractivity contribution in [3.8, 4) is 0 Å². The van der Waals surface area contributed by atoms with E-state index in [-0.39, 0.29) is 12.5 Å². The Labute approximate surface area is 106 Å². The number of nitrogens with one attached hydrogen (secondary N) is 1. The highest BCUT2D eigenvalue weighted by Crippen LogP contribution is 2.20. The molecule has 1 fully saturated rings. The number of aliphatic hydroxyl groups excluding tert-OH is 1. The number of carbonyl (C=O) groups excluding carboxylic acids is 1. The van der Waals surface area contributed by atoms with Crippen LogP contribution in [-0.4, -0.2) is 41.4 Å². The first-order chi connectivity index (χ1) is 8.74. The van der Waals surface area contributed by atoms with Gasteiger partial charge in [0, 0.05) is 25.6 Å². The maximum absolute atomic E-state index is 12.0. The predicted octanol–water partition coefficient (Wildman–Crippen LogP) is 0.282. The highest BCUT2D eigenvalue weighted by molar-refractivity contribution is 5.79. The Morgan fingerprint density at radius 3 is 2.67 bits per heavy atom. The third-order valence-electron chi connectivity index (χ3n) is 3.27. The van der Waals surface area contributed by atoms with Crippen molar-refractivity contribution in [1.82, 2.24) is 10.3 Å². The maximum atomic E-state index is 12.0. The summed E-state index contributed by atoms with van der Waals surface area (Å²) in [7, 11) is 0. The molecule has 1 aliphatic rings. The van der Waals surface area contributed by atoms with Gasteiger partial charge in [-0.25, -0.2) is 0 Å². The fourth-order valence-corrected chi connectivity index (χ4v) is 2.11. The van der Waals surface area contributed by atoms with Crippen LogP contribution in [0.1, 0.15) is 18.4 Å². The van der Waals surface area contributed by atoms with E-state index in [0.29, 0.717) is 32.5 Å². The Balaban J connectivity index is 1.93. The van der Waals surface area contributed by atoms with Gasteiger partial charge >= 0.3 is 0 Å². The number of ether oxygens (including phenoxy) is 1. The van der Waals surface area contributed by atoms with Crippen molar-refractivity contribution in [3.63, 3.8) is 0 Å². The highest BCUT2D eigenvalue weighted by atomic mass is 16.5. The van der Waals surface area contributed by atoms with Crippen LogP contribution in [0.2, 0.25) is 0 Å². The van der Waals surface area contributed by atoms with E-state index >= 15 is 0 Å². The summed E-state index contributed by atoms with van der Waals surface area (Å²) in [5.41, 5.74) is 0.408. The summed E-state index contributed by atoms with van der Waals surface area (Å²) < 4.78 is 5.26. The topological polar surface area (TPSA) is 71.5 Å². The lowest BCUT2D eigenvalue weighted by molar-refractivity contribution is -0.124. The smallest absolute Gasteiger partial charge is 0.224 e. The zero-order valence-corrected chi connectivity index (χ0v) is 10.3. The van der Waals surface area contributed by atoms with Gasteiger partial charge in [-0.15, -0.1) is 0 Å². The molecule has 2 heterocycles. The van der Waals surface area contributed by atoms with Crippen molar-refractivity contribution < 1.29 is 14.6 Å². The van der Waals surface area contributed by atoms with Gasteiger partial charge in [-0.3, -0.25) is 9.78 Å². The molecule has 5 heteroatoms. The first-order valence-corrected chi connectivity index (χ1v) is 6.13. The molecule has 1 saturated heterocycles. The van der Waals surface area contributed by atoms with Gasteiger partial charge in [0.1, 0.15) is 0 Å². The molecule has 98 valence electrons. The Kier molecular flexibility index (Phi) is 4.28. The third-order valence-corrected chi connectivity index (χ3v) is 3.27. The summed E-state index contributed by atoms with van der Waals surface area (Å²) in [6.45, 7) is 1.12. The molecule has 0 aromatic carbocycles. The van der Waals surface area contributed by atoms with Crippen LogP contribution >= 0.6 is 0 Å². The van der Waals surface area contributed by atoms with Crippen LogP contribution in [0.3, 0.4) is 0 Å². The molecular formula is C13H18N2O3. The second kappa shape index (κ2) is 5.93. The van der Waals surface area contributed by atoms with Crippen molar-refractivity contribution in [3.05, 3.63) is 30.1 Å². The molecule has 0 bridgehead atoms. The summed E-state index contributed by atoms with van der Waals surface area (Å²) >= 11 is 0. The van der Waals surface area contributed by atoms with E-state index in [1.54, 1.807) is 12.4 Å². The van der Waals surface area contributed by atoms with E-state index in [0.717, 1.165) is 5.56 Å². The Morgan fingerprint density at radius 1 is 1.39 bits per heavy atom. The summed E-state index contributed by atoms with van der Waals surface area (Å²) in [4.78, 5) is 15.9. The van der Waals surface area contributed by atoms with Crippen molar-refractivity contribution in [2.24, 2.45) is 0 Å². The Hall–Kier alpha value is -1.46. The van der Waals surface area contributed by atoms with Crippen LogP contribution in [0.4, 0.5) is 0 Å². The number of aromatic nitrogens is 1. The number of amides is 1. The van der Waals surface area contributed by atoms with E-state index in [4.69, 9.17) is 4.74 Å². The number of aliphatic hydroxyl groups is 1. The number of rotatable bonds is 4. The zero-order chi connectivity index (χ0) is 12.8. The standard InChI is InChI=1S/C13H18N2O3/c16-10-13(3-7-18-8-4-13)15-12(17)9-11-1-5-14-6-2-11/h1-2,5-6,16H,3-4,7-10H2,(H,15,17). The molecular weight excluding hydrogens is 232 g/mol. The van der Waals surface area contributed by atoms with E-state index < -0.39 is 5.54 Å². The van der Waals surface area contributed by atoms with E-state index in [2.05, 4.69) is 10.3 Å². The molecule has 0 atom stereocenters. The van der Waals surface area contributed by atoms with Gasteiger partial charge in [-0.1, -0.05) is 0 Å². The van der Waals surface area contributed by atoms with E-state index in [1.807, 2.05) is 12.1 Å². The van der Waals surface area contributed by atoms with Gasteiger partial charge < -0.3 is 15.2 Å². The lowest BCUT2D eigenvalue weighted by Crippen LogP contribution is -2.55. The Morgan fingerprint density at radius 2 is 2.06 bits per heavy atom. The molecule has 1 aromatic heterocycles. The van der Waals surface area contributed by atoms with Gasteiger partial charge in [-0.2, -0.15) is 0 Å². The van der Waals surface area contributed by atoms with Crippen LogP contribution in [-0.2, 0) is 16.0 Å². The molecule has 0 radical (unpaired) electrons. The third kappa shape index (κ3) is 3.27. The normalized spacial score (nSPS) is 18.3. The van der Waals surface area contributed by atoms with Crippen LogP contribution in [0.15, 0.2) is 24.5 Å². The van der Waals surface area contributed by atoms with Gasteiger partial charge in [0.05, 0.1) is 18.6 Å². The van der Waals surface area contributed by atoms with Crippen LogP contribution < -0.4 is 5.32 Å². The van der Waals surface area contributed by atoms with Crippen molar-refractivity contribution in [2.45, 2.75) is 24.8 Å². The molecule has 18 heavy (non-hydrogen) atoms. The highest BCUT2D eigenvalue weighted by Gasteiger charge is 2.33. The quantitative estimate of drug-likeness (QED) is 0.805. The first kappa shape index (κ1) is 13.0. The molecule has 1 aromatic rings. The molecule has 1 amide bonds. The van der Waals surface area contributed by atoms with Crippen molar-refractivity contribution in [1.29, 1.82) is 0 Å².